The number of aromatic nitrogens is 1. The molecule has 1 fully saturated rings. The molecule has 1 aliphatic heterocycles. The molecule has 2 aromatic rings. The highest BCUT2D eigenvalue weighted by molar-refractivity contribution is 8.26. The van der Waals surface area contributed by atoms with Crippen LogP contribution in [0.5, 0.6) is 0 Å². The molecule has 3 rings (SSSR count). The number of benzene rings is 1. The predicted octanol–water partition coefficient (Wildman–Crippen LogP) is 5.87. The molecular formula is C29H35N3O5S2. The topological polar surface area (TPSA) is 109 Å². The number of ether oxygens (including phenoxy) is 1. The van der Waals surface area contributed by atoms with Gasteiger partial charge in [0, 0.05) is 29.1 Å². The van der Waals surface area contributed by atoms with E-state index in [0.29, 0.717) is 28.5 Å². The lowest BCUT2D eigenvalue weighted by atomic mass is 9.89. The number of amides is 2. The number of carboxylic acids is 1. The molecule has 0 atom stereocenters. The molecule has 10 heteroatoms. The van der Waals surface area contributed by atoms with E-state index in [4.69, 9.17) is 21.9 Å². The van der Waals surface area contributed by atoms with Gasteiger partial charge in [-0.15, -0.1) is 0 Å². The second-order valence-electron chi connectivity index (χ2n) is 10.9. The number of carbonyl (C=O) groups excluding carboxylic acids is 2. The highest BCUT2D eigenvalue weighted by Crippen LogP contribution is 2.38. The SMILES string of the molecule is Cc1ccc(-c2c(C=C3SC(=S)N(CC(=O)O)C3=O)c(C)nc(CC(C)C)c2CNC(=O)OC(C)(C)C)cc1. The lowest BCUT2D eigenvalue weighted by molar-refractivity contribution is -0.140. The van der Waals surface area contributed by atoms with E-state index in [2.05, 4.69) is 19.2 Å². The molecule has 0 unspecified atom stereocenters. The van der Waals surface area contributed by atoms with Crippen LogP contribution in [0, 0.1) is 19.8 Å². The van der Waals surface area contributed by atoms with Crippen LogP contribution in [0.4, 0.5) is 4.79 Å². The molecule has 1 aromatic heterocycles. The van der Waals surface area contributed by atoms with Crippen LogP contribution >= 0.6 is 24.0 Å². The number of carbonyl (C=O) groups is 3. The van der Waals surface area contributed by atoms with Crippen molar-refractivity contribution >= 4 is 52.3 Å². The zero-order valence-corrected chi connectivity index (χ0v) is 25.0. The first-order chi connectivity index (χ1) is 18.2. The van der Waals surface area contributed by atoms with E-state index in [1.807, 2.05) is 38.1 Å². The smallest absolute Gasteiger partial charge is 0.407 e. The van der Waals surface area contributed by atoms with Crippen molar-refractivity contribution < 1.29 is 24.2 Å². The van der Waals surface area contributed by atoms with Crippen molar-refractivity contribution in [3.05, 3.63) is 57.2 Å². The summed E-state index contributed by atoms with van der Waals surface area (Å²) >= 11 is 6.36. The number of alkyl carbamates (subject to hydrolysis) is 1. The number of rotatable bonds is 8. The van der Waals surface area contributed by atoms with E-state index in [1.54, 1.807) is 26.8 Å². The Balaban J connectivity index is 2.21. The number of hydrogen-bond donors (Lipinski definition) is 2. The Hall–Kier alpha value is -3.24. The molecule has 1 aliphatic rings. The molecule has 0 aliphatic carbocycles. The fraction of sp³-hybridized carbons (Fsp3) is 0.414. The standard InChI is InChI=1S/C29H35N3O5S2/c1-16(2)12-22-21(14-30-27(36)37-29(5,6)7)25(19-10-8-17(3)9-11-19)20(18(4)31-22)13-23-26(35)32(15-24(33)34)28(38)39-23/h8-11,13,16H,12,14-15H2,1-7H3,(H,30,36)(H,33,34). The largest absolute Gasteiger partial charge is 0.480 e. The highest BCUT2D eigenvalue weighted by Gasteiger charge is 2.34. The second kappa shape index (κ2) is 12.3. The van der Waals surface area contributed by atoms with Gasteiger partial charge >= 0.3 is 12.1 Å². The van der Waals surface area contributed by atoms with Crippen molar-refractivity contribution in [2.75, 3.05) is 6.54 Å². The van der Waals surface area contributed by atoms with E-state index in [-0.39, 0.29) is 10.9 Å². The fourth-order valence-electron chi connectivity index (χ4n) is 4.17. The van der Waals surface area contributed by atoms with Crippen LogP contribution in [0.2, 0.25) is 0 Å². The number of thioether (sulfide) groups is 1. The number of hydrogen-bond acceptors (Lipinski definition) is 7. The van der Waals surface area contributed by atoms with E-state index in [9.17, 15) is 19.5 Å². The summed E-state index contributed by atoms with van der Waals surface area (Å²) in [4.78, 5) is 43.3. The van der Waals surface area contributed by atoms with Crippen molar-refractivity contribution in [2.45, 2.75) is 67.0 Å². The highest BCUT2D eigenvalue weighted by atomic mass is 32.2. The number of nitrogens with one attached hydrogen (secondary N) is 1. The number of carboxylic acid groups (broad SMARTS) is 1. The van der Waals surface area contributed by atoms with Crippen LogP contribution in [-0.4, -0.2) is 49.4 Å². The molecule has 2 amide bonds. The molecule has 208 valence electrons. The third kappa shape index (κ3) is 7.89. The van der Waals surface area contributed by atoms with E-state index in [1.165, 1.54) is 0 Å². The van der Waals surface area contributed by atoms with Gasteiger partial charge in [-0.25, -0.2) is 4.79 Å². The summed E-state index contributed by atoms with van der Waals surface area (Å²) in [5, 5.41) is 12.1. The minimum atomic E-state index is -1.14. The van der Waals surface area contributed by atoms with E-state index < -0.39 is 30.1 Å². The second-order valence-corrected chi connectivity index (χ2v) is 12.6. The zero-order valence-electron chi connectivity index (χ0n) is 23.4. The van der Waals surface area contributed by atoms with E-state index in [0.717, 1.165) is 44.6 Å². The monoisotopic (exact) mass is 569 g/mol. The summed E-state index contributed by atoms with van der Waals surface area (Å²) in [5.74, 6) is -1.29. The molecule has 0 bridgehead atoms. The van der Waals surface area contributed by atoms with Gasteiger partial charge in [0.25, 0.3) is 5.91 Å². The Morgan fingerprint density at radius 3 is 2.41 bits per heavy atom. The summed E-state index contributed by atoms with van der Waals surface area (Å²) in [5.41, 5.74) is 5.31. The molecule has 2 N–H and O–H groups in total. The van der Waals surface area contributed by atoms with Gasteiger partial charge in [-0.3, -0.25) is 19.5 Å². The van der Waals surface area contributed by atoms with Crippen LogP contribution < -0.4 is 5.32 Å². The van der Waals surface area contributed by atoms with Crippen LogP contribution in [-0.2, 0) is 27.3 Å². The van der Waals surface area contributed by atoms with Crippen LogP contribution in [0.3, 0.4) is 0 Å². The fourth-order valence-corrected chi connectivity index (χ4v) is 5.40. The van der Waals surface area contributed by atoms with Crippen molar-refractivity contribution in [3.63, 3.8) is 0 Å². The quantitative estimate of drug-likeness (QED) is 0.300. The minimum absolute atomic E-state index is 0.175. The minimum Gasteiger partial charge on any atom is -0.480 e. The van der Waals surface area contributed by atoms with Gasteiger partial charge in [0.15, 0.2) is 0 Å². The predicted molar refractivity (Wildman–Crippen MR) is 158 cm³/mol. The number of nitrogens with zero attached hydrogens (tertiary/aromatic N) is 2. The van der Waals surface area contributed by atoms with Gasteiger partial charge in [-0.2, -0.15) is 0 Å². The van der Waals surface area contributed by atoms with Crippen molar-refractivity contribution in [1.82, 2.24) is 15.2 Å². The summed E-state index contributed by atoms with van der Waals surface area (Å²) in [6.07, 6.45) is 1.88. The van der Waals surface area contributed by atoms with Gasteiger partial charge in [-0.05, 0) is 64.2 Å². The Labute approximate surface area is 239 Å². The summed E-state index contributed by atoms with van der Waals surface area (Å²) in [7, 11) is 0. The van der Waals surface area contributed by atoms with Gasteiger partial charge < -0.3 is 15.2 Å². The van der Waals surface area contributed by atoms with Gasteiger partial charge in [0.1, 0.15) is 16.5 Å². The number of thiocarbonyl (C=S) groups is 1. The molecule has 1 aromatic carbocycles. The molecule has 8 nitrogen and oxygen atoms in total. The summed E-state index contributed by atoms with van der Waals surface area (Å²) in [6, 6.07) is 8.03. The first-order valence-electron chi connectivity index (χ1n) is 12.7. The molecule has 0 saturated carbocycles. The Morgan fingerprint density at radius 1 is 1.21 bits per heavy atom. The van der Waals surface area contributed by atoms with Crippen LogP contribution in [0.15, 0.2) is 29.2 Å². The number of aryl methyl sites for hydroxylation is 2. The van der Waals surface area contributed by atoms with E-state index >= 15 is 0 Å². The molecular weight excluding hydrogens is 534 g/mol. The lowest BCUT2D eigenvalue weighted by Crippen LogP contribution is -2.33. The van der Waals surface area contributed by atoms with Gasteiger partial charge in [0.05, 0.1) is 4.91 Å². The number of pyridine rings is 1. The molecule has 2 heterocycles. The van der Waals surface area contributed by atoms with Crippen LogP contribution in [0.1, 0.15) is 62.7 Å². The maximum Gasteiger partial charge on any atom is 0.407 e. The molecule has 39 heavy (non-hydrogen) atoms. The maximum atomic E-state index is 13.1. The summed E-state index contributed by atoms with van der Waals surface area (Å²) in [6.45, 7) is 13.2. The average Bonchev–Trinajstić information content (AvgIpc) is 3.06. The Kier molecular flexibility index (Phi) is 9.55. The Morgan fingerprint density at radius 2 is 1.85 bits per heavy atom. The van der Waals surface area contributed by atoms with Crippen molar-refractivity contribution in [3.8, 4) is 11.1 Å². The first-order valence-corrected chi connectivity index (χ1v) is 13.9. The third-order valence-corrected chi connectivity index (χ3v) is 7.18. The van der Waals surface area contributed by atoms with Gasteiger partial charge in [0.2, 0.25) is 0 Å². The molecule has 0 radical (unpaired) electrons. The first kappa shape index (κ1) is 30.3. The Bertz CT molecular complexity index is 1330. The third-order valence-electron chi connectivity index (χ3n) is 5.80. The van der Waals surface area contributed by atoms with Crippen LogP contribution in [0.25, 0.3) is 17.2 Å². The maximum absolute atomic E-state index is 13.1. The average molecular weight is 570 g/mol. The van der Waals surface area contributed by atoms with Crippen molar-refractivity contribution in [2.24, 2.45) is 5.92 Å². The lowest BCUT2D eigenvalue weighted by Gasteiger charge is -2.23. The summed E-state index contributed by atoms with van der Waals surface area (Å²) < 4.78 is 5.67. The normalized spacial score (nSPS) is 14.9. The number of aliphatic carboxylic acids is 1. The zero-order chi connectivity index (χ0) is 29.1. The van der Waals surface area contributed by atoms with Gasteiger partial charge in [-0.1, -0.05) is 67.7 Å². The van der Waals surface area contributed by atoms with Crippen molar-refractivity contribution in [1.29, 1.82) is 0 Å². The molecule has 0 spiro atoms. The molecule has 1 saturated heterocycles.